The van der Waals surface area contributed by atoms with Crippen LogP contribution in [0.4, 0.5) is 11.4 Å². The van der Waals surface area contributed by atoms with Crippen LogP contribution in [0.2, 0.25) is 0 Å². The number of nitrogens with zero attached hydrogens (tertiary/aromatic N) is 2. The normalized spacial score (nSPS) is 29.8. The van der Waals surface area contributed by atoms with Gasteiger partial charge in [0.25, 0.3) is 5.69 Å². The molecule has 0 N–H and O–H groups in total. The van der Waals surface area contributed by atoms with Gasteiger partial charge in [-0.2, -0.15) is 0 Å². The number of imide groups is 1. The van der Waals surface area contributed by atoms with E-state index < -0.39 is 15.8 Å². The number of anilines is 1. The Kier molecular flexibility index (Phi) is 2.92. The summed E-state index contributed by atoms with van der Waals surface area (Å²) in [6, 6.07) is 5.92. The smallest absolute Gasteiger partial charge is 0.274 e. The summed E-state index contributed by atoms with van der Waals surface area (Å²) in [4.78, 5) is 37.5. The first-order chi connectivity index (χ1) is 10.2. The molecule has 6 nitrogen and oxygen atoms in total. The summed E-state index contributed by atoms with van der Waals surface area (Å²) >= 11 is 0. The lowest BCUT2D eigenvalue weighted by atomic mass is 9.62. The molecule has 0 aromatic heterocycles. The Bertz CT molecular complexity index is 697. The lowest BCUT2D eigenvalue weighted by Crippen LogP contribution is -2.59. The molecule has 2 fully saturated rings. The summed E-state index contributed by atoms with van der Waals surface area (Å²) in [7, 11) is 0. The fraction of sp³-hybridized carbons (Fsp3) is 0.500. The van der Waals surface area contributed by atoms with Crippen molar-refractivity contribution in [3.05, 3.63) is 34.4 Å². The minimum atomic E-state index is -0.671. The maximum Gasteiger partial charge on any atom is 0.293 e. The number of carbonyl (C=O) groups is 2. The molecule has 1 saturated carbocycles. The van der Waals surface area contributed by atoms with Crippen LogP contribution in [-0.2, 0) is 9.59 Å². The number of hydrogen-bond acceptors (Lipinski definition) is 4. The number of nitro groups is 1. The highest BCUT2D eigenvalue weighted by Gasteiger charge is 2.65. The maximum atomic E-state index is 13.0. The zero-order valence-electron chi connectivity index (χ0n) is 12.8. The summed E-state index contributed by atoms with van der Waals surface area (Å²) in [5.41, 5.74) is -1.24. The van der Waals surface area contributed by atoms with E-state index in [4.69, 9.17) is 0 Å². The van der Waals surface area contributed by atoms with Gasteiger partial charge >= 0.3 is 0 Å². The Labute approximate surface area is 128 Å². The van der Waals surface area contributed by atoms with Crippen LogP contribution in [0.1, 0.15) is 33.6 Å². The van der Waals surface area contributed by atoms with Crippen LogP contribution < -0.4 is 4.90 Å². The van der Waals surface area contributed by atoms with Crippen molar-refractivity contribution in [3.8, 4) is 0 Å². The number of para-hydroxylation sites is 2. The van der Waals surface area contributed by atoms with E-state index in [2.05, 4.69) is 0 Å². The van der Waals surface area contributed by atoms with Gasteiger partial charge in [-0.3, -0.25) is 19.7 Å². The molecule has 116 valence electrons. The second kappa shape index (κ2) is 4.38. The van der Waals surface area contributed by atoms with Crippen LogP contribution in [0, 0.1) is 26.9 Å². The lowest BCUT2D eigenvalue weighted by Gasteiger charge is -2.47. The molecule has 1 aliphatic carbocycles. The molecule has 3 rings (SSSR count). The average molecular weight is 302 g/mol. The van der Waals surface area contributed by atoms with Crippen molar-refractivity contribution < 1.29 is 14.5 Å². The van der Waals surface area contributed by atoms with Gasteiger partial charge in [-0.1, -0.05) is 32.9 Å². The molecule has 1 aliphatic heterocycles. The molecule has 0 radical (unpaired) electrons. The highest BCUT2D eigenvalue weighted by atomic mass is 16.6. The van der Waals surface area contributed by atoms with Crippen LogP contribution in [0.3, 0.4) is 0 Å². The largest absolute Gasteiger partial charge is 0.293 e. The molecule has 1 aromatic carbocycles. The first-order valence-corrected chi connectivity index (χ1v) is 7.33. The van der Waals surface area contributed by atoms with Gasteiger partial charge in [-0.15, -0.1) is 0 Å². The predicted molar refractivity (Wildman–Crippen MR) is 80.2 cm³/mol. The molecule has 2 atom stereocenters. The van der Waals surface area contributed by atoms with Crippen molar-refractivity contribution in [1.82, 2.24) is 0 Å². The average Bonchev–Trinajstić information content (AvgIpc) is 2.64. The zero-order chi connectivity index (χ0) is 16.3. The van der Waals surface area contributed by atoms with Crippen LogP contribution >= 0.6 is 0 Å². The van der Waals surface area contributed by atoms with Gasteiger partial charge in [0.1, 0.15) is 5.69 Å². The monoisotopic (exact) mass is 302 g/mol. The highest BCUT2D eigenvalue weighted by molar-refractivity contribution is 6.21. The minimum absolute atomic E-state index is 0.0797. The number of nitro benzene ring substituents is 1. The van der Waals surface area contributed by atoms with E-state index in [0.29, 0.717) is 12.8 Å². The molecular formula is C16H18N2O4. The minimum Gasteiger partial charge on any atom is -0.274 e. The van der Waals surface area contributed by atoms with Crippen LogP contribution in [0.25, 0.3) is 0 Å². The maximum absolute atomic E-state index is 13.0. The molecule has 2 amide bonds. The highest BCUT2D eigenvalue weighted by Crippen LogP contribution is 2.60. The SMILES string of the molecule is CC1(C)[C@H]2CC[C@]1(C)C(=O)N(c1ccccc1[N+](=O)[O-])C2=O. The quantitative estimate of drug-likeness (QED) is 0.478. The van der Waals surface area contributed by atoms with Gasteiger partial charge < -0.3 is 0 Å². The van der Waals surface area contributed by atoms with Gasteiger partial charge in [0.05, 0.1) is 10.3 Å². The third kappa shape index (κ3) is 1.60. The number of piperidine rings is 1. The Morgan fingerprint density at radius 2 is 1.86 bits per heavy atom. The molecule has 2 aliphatic rings. The summed E-state index contributed by atoms with van der Waals surface area (Å²) < 4.78 is 0. The van der Waals surface area contributed by atoms with Crippen molar-refractivity contribution in [3.63, 3.8) is 0 Å². The zero-order valence-corrected chi connectivity index (χ0v) is 12.8. The topological polar surface area (TPSA) is 80.5 Å². The number of hydrogen-bond donors (Lipinski definition) is 0. The van der Waals surface area contributed by atoms with Crippen molar-refractivity contribution in [2.24, 2.45) is 16.7 Å². The van der Waals surface area contributed by atoms with Crippen molar-refractivity contribution in [2.45, 2.75) is 33.6 Å². The number of carbonyl (C=O) groups excluding carboxylic acids is 2. The molecule has 0 spiro atoms. The molecule has 1 aromatic rings. The molecule has 1 saturated heterocycles. The standard InChI is InChI=1S/C16H18N2O4/c1-15(2)10-8-9-16(15,3)14(20)17(13(10)19)11-6-4-5-7-12(11)18(21)22/h4-7,10H,8-9H2,1-3H3/t10-,16+/m0/s1. The summed E-state index contributed by atoms with van der Waals surface area (Å²) in [5.74, 6) is -0.931. The molecule has 1 heterocycles. The Balaban J connectivity index is 2.17. The fourth-order valence-corrected chi connectivity index (χ4v) is 3.85. The fourth-order valence-electron chi connectivity index (χ4n) is 3.85. The van der Waals surface area contributed by atoms with E-state index in [-0.39, 0.29) is 29.1 Å². The van der Waals surface area contributed by atoms with E-state index in [1.54, 1.807) is 6.07 Å². The number of benzene rings is 1. The van der Waals surface area contributed by atoms with Crippen LogP contribution in [0.5, 0.6) is 0 Å². The number of amides is 2. The summed E-state index contributed by atoms with van der Waals surface area (Å²) in [6.07, 6.45) is 1.28. The van der Waals surface area contributed by atoms with Gasteiger partial charge in [0, 0.05) is 12.0 Å². The van der Waals surface area contributed by atoms with E-state index in [0.717, 1.165) is 4.90 Å². The second-order valence-corrected chi connectivity index (χ2v) is 6.87. The first kappa shape index (κ1) is 14.7. The molecule has 2 bridgehead atoms. The van der Waals surface area contributed by atoms with Gasteiger partial charge in [-0.05, 0) is 24.3 Å². The number of fused-ring (bicyclic) bond motifs is 2. The second-order valence-electron chi connectivity index (χ2n) is 6.87. The number of rotatable bonds is 2. The molecule has 22 heavy (non-hydrogen) atoms. The van der Waals surface area contributed by atoms with E-state index in [1.165, 1.54) is 18.2 Å². The van der Waals surface area contributed by atoms with Crippen molar-refractivity contribution in [1.29, 1.82) is 0 Å². The Hall–Kier alpha value is -2.24. The van der Waals surface area contributed by atoms with E-state index in [9.17, 15) is 19.7 Å². The van der Waals surface area contributed by atoms with Gasteiger partial charge in [-0.25, -0.2) is 4.90 Å². The Morgan fingerprint density at radius 1 is 1.23 bits per heavy atom. The molecule has 6 heteroatoms. The van der Waals surface area contributed by atoms with Crippen molar-refractivity contribution >= 4 is 23.2 Å². The van der Waals surface area contributed by atoms with Gasteiger partial charge in [0.2, 0.25) is 11.8 Å². The molecular weight excluding hydrogens is 284 g/mol. The summed E-state index contributed by atoms with van der Waals surface area (Å²) in [5, 5.41) is 11.2. The van der Waals surface area contributed by atoms with Crippen LogP contribution in [0.15, 0.2) is 24.3 Å². The first-order valence-electron chi connectivity index (χ1n) is 7.33. The lowest BCUT2D eigenvalue weighted by molar-refractivity contribution is -0.384. The molecule has 0 unspecified atom stereocenters. The van der Waals surface area contributed by atoms with Crippen LogP contribution in [-0.4, -0.2) is 16.7 Å². The predicted octanol–water partition coefficient (Wildman–Crippen LogP) is 2.91. The van der Waals surface area contributed by atoms with Gasteiger partial charge in [0.15, 0.2) is 0 Å². The third-order valence-corrected chi connectivity index (χ3v) is 5.74. The summed E-state index contributed by atoms with van der Waals surface area (Å²) in [6.45, 7) is 5.75. The van der Waals surface area contributed by atoms with E-state index >= 15 is 0 Å². The van der Waals surface area contributed by atoms with Crippen molar-refractivity contribution in [2.75, 3.05) is 4.90 Å². The third-order valence-electron chi connectivity index (χ3n) is 5.74. The van der Waals surface area contributed by atoms with E-state index in [1.807, 2.05) is 20.8 Å². The Morgan fingerprint density at radius 3 is 2.50 bits per heavy atom.